The Balaban J connectivity index is 1.35. The molecule has 0 bridgehead atoms. The van der Waals surface area contributed by atoms with Gasteiger partial charge in [0.05, 0.1) is 16.8 Å². The molecular weight excluding hydrogens is 667 g/mol. The van der Waals surface area contributed by atoms with Gasteiger partial charge in [0.2, 0.25) is 11.9 Å². The number of hydrogen-bond donors (Lipinski definition) is 2. The lowest BCUT2D eigenvalue weighted by molar-refractivity contribution is -0.142. The van der Waals surface area contributed by atoms with E-state index in [0.717, 1.165) is 29.7 Å². The summed E-state index contributed by atoms with van der Waals surface area (Å²) in [5, 5.41) is 3.75. The average Bonchev–Trinajstić information content (AvgIpc) is 3.84. The number of nitrogens with zero attached hydrogens (tertiary/aromatic N) is 4. The summed E-state index contributed by atoms with van der Waals surface area (Å²) in [5.41, 5.74) is 3.58. The molecule has 0 saturated heterocycles. The highest BCUT2D eigenvalue weighted by molar-refractivity contribution is 5.97. The first-order valence-electron chi connectivity index (χ1n) is 17.2. The summed E-state index contributed by atoms with van der Waals surface area (Å²) in [6.45, 7) is 8.69. The fraction of sp³-hybridized carbons (Fsp3) is 0.333. The number of anilines is 1. The summed E-state index contributed by atoms with van der Waals surface area (Å²) in [6, 6.07) is 12.1. The van der Waals surface area contributed by atoms with Crippen molar-refractivity contribution in [3.63, 3.8) is 0 Å². The third-order valence-corrected chi connectivity index (χ3v) is 9.10. The van der Waals surface area contributed by atoms with Gasteiger partial charge < -0.3 is 19.4 Å². The fourth-order valence-electron chi connectivity index (χ4n) is 6.55. The Morgan fingerprint density at radius 3 is 2.54 bits per heavy atom. The SMILES string of the molecule is CC(=O)Nc1nc(-c2cccc(-n3ccc4cc(C5CC5)cc(F)c4c3=O)c2COC(C)=O)c2cc(C3=CCN(C(=O)OC(C)(C)C)CC3)[nH]c2n1. The van der Waals surface area contributed by atoms with E-state index in [-0.39, 0.29) is 29.9 Å². The second-order valence-corrected chi connectivity index (χ2v) is 14.2. The van der Waals surface area contributed by atoms with E-state index in [0.29, 0.717) is 64.4 Å². The summed E-state index contributed by atoms with van der Waals surface area (Å²) >= 11 is 0. The van der Waals surface area contributed by atoms with Crippen LogP contribution in [0, 0.1) is 5.82 Å². The minimum Gasteiger partial charge on any atom is -0.461 e. The standard InChI is InChI=1S/C39H39FN6O6/c1-21(47)41-37-43-34(28-19-31(42-35(28)44-37)24-11-14-45(15-12-24)38(50)52-39(3,4)5)27-7-6-8-32(29(27)20-51-22(2)48)46-16-13-25-17-26(23-9-10-23)18-30(40)33(25)36(46)49/h6-8,11,13,16-19,23H,9-10,12,14-15,20H2,1-5H3,(H2,41,42,43,44,47). The van der Waals surface area contributed by atoms with Crippen molar-refractivity contribution < 1.29 is 28.2 Å². The van der Waals surface area contributed by atoms with Gasteiger partial charge in [0.25, 0.3) is 5.56 Å². The van der Waals surface area contributed by atoms with Gasteiger partial charge in [-0.15, -0.1) is 0 Å². The van der Waals surface area contributed by atoms with Crippen LogP contribution in [0.2, 0.25) is 0 Å². The molecule has 1 aliphatic heterocycles. The molecule has 0 unspecified atom stereocenters. The molecule has 268 valence electrons. The molecule has 1 aliphatic carbocycles. The van der Waals surface area contributed by atoms with E-state index in [1.54, 1.807) is 35.4 Å². The summed E-state index contributed by atoms with van der Waals surface area (Å²) in [5.74, 6) is -1.14. The Bertz CT molecular complexity index is 2370. The van der Waals surface area contributed by atoms with E-state index >= 15 is 4.39 Å². The van der Waals surface area contributed by atoms with Crippen molar-refractivity contribution in [2.75, 3.05) is 18.4 Å². The Labute approximate surface area is 298 Å². The van der Waals surface area contributed by atoms with Crippen molar-refractivity contribution in [1.82, 2.24) is 24.4 Å². The molecule has 2 N–H and O–H groups in total. The van der Waals surface area contributed by atoms with Gasteiger partial charge in [-0.05, 0) is 86.7 Å². The predicted octanol–water partition coefficient (Wildman–Crippen LogP) is 6.99. The van der Waals surface area contributed by atoms with Gasteiger partial charge in [0, 0.05) is 55.3 Å². The zero-order valence-electron chi connectivity index (χ0n) is 29.6. The van der Waals surface area contributed by atoms with Crippen LogP contribution >= 0.6 is 0 Å². The first-order valence-corrected chi connectivity index (χ1v) is 17.2. The summed E-state index contributed by atoms with van der Waals surface area (Å²) < 4.78 is 27.9. The van der Waals surface area contributed by atoms with E-state index in [1.165, 1.54) is 24.5 Å². The van der Waals surface area contributed by atoms with Crippen molar-refractivity contribution in [2.24, 2.45) is 0 Å². The van der Waals surface area contributed by atoms with Gasteiger partial charge in [-0.3, -0.25) is 24.3 Å². The topological polar surface area (TPSA) is 149 Å². The number of benzene rings is 2. The van der Waals surface area contributed by atoms with Crippen molar-refractivity contribution in [2.45, 2.75) is 72.0 Å². The molecule has 13 heteroatoms. The smallest absolute Gasteiger partial charge is 0.410 e. The third kappa shape index (κ3) is 7.03. The molecule has 2 aromatic carbocycles. The molecule has 1 saturated carbocycles. The second kappa shape index (κ2) is 13.4. The summed E-state index contributed by atoms with van der Waals surface area (Å²) in [4.78, 5) is 65.2. The molecule has 0 spiro atoms. The van der Waals surface area contributed by atoms with Gasteiger partial charge in [0.1, 0.15) is 23.7 Å². The van der Waals surface area contributed by atoms with Gasteiger partial charge in [-0.2, -0.15) is 4.98 Å². The van der Waals surface area contributed by atoms with Gasteiger partial charge in [-0.1, -0.05) is 24.3 Å². The number of rotatable bonds is 7. The molecule has 12 nitrogen and oxygen atoms in total. The first-order chi connectivity index (χ1) is 24.8. The highest BCUT2D eigenvalue weighted by atomic mass is 19.1. The van der Waals surface area contributed by atoms with Crippen LogP contribution in [0.5, 0.6) is 0 Å². The van der Waals surface area contributed by atoms with Crippen LogP contribution in [0.4, 0.5) is 15.1 Å². The Morgan fingerprint density at radius 2 is 1.87 bits per heavy atom. The number of esters is 1. The van der Waals surface area contributed by atoms with E-state index < -0.39 is 22.9 Å². The molecule has 5 aromatic rings. The number of aromatic nitrogens is 4. The number of H-pyrrole nitrogens is 1. The van der Waals surface area contributed by atoms with E-state index in [4.69, 9.17) is 14.5 Å². The number of aromatic amines is 1. The first kappa shape index (κ1) is 34.6. The molecule has 2 amide bonds. The Hall–Kier alpha value is -5.85. The lowest BCUT2D eigenvalue weighted by Crippen LogP contribution is -2.39. The molecule has 2 aliphatic rings. The lowest BCUT2D eigenvalue weighted by atomic mass is 9.99. The van der Waals surface area contributed by atoms with Crippen molar-refractivity contribution >= 4 is 51.3 Å². The van der Waals surface area contributed by atoms with Crippen molar-refractivity contribution in [1.29, 1.82) is 0 Å². The average molecular weight is 707 g/mol. The van der Waals surface area contributed by atoms with Crippen LogP contribution < -0.4 is 10.9 Å². The Morgan fingerprint density at radius 1 is 1.08 bits per heavy atom. The van der Waals surface area contributed by atoms with Crippen LogP contribution in [-0.4, -0.2) is 61.1 Å². The predicted molar refractivity (Wildman–Crippen MR) is 195 cm³/mol. The van der Waals surface area contributed by atoms with Crippen molar-refractivity contribution in [3.8, 4) is 16.9 Å². The molecule has 7 rings (SSSR count). The van der Waals surface area contributed by atoms with Crippen LogP contribution in [0.3, 0.4) is 0 Å². The largest absolute Gasteiger partial charge is 0.461 e. The number of carbonyl (C=O) groups excluding carboxylic acids is 3. The number of fused-ring (bicyclic) bond motifs is 2. The van der Waals surface area contributed by atoms with Crippen LogP contribution in [0.15, 0.2) is 59.5 Å². The highest BCUT2D eigenvalue weighted by Crippen LogP contribution is 2.41. The quantitative estimate of drug-likeness (QED) is 0.172. The maximum Gasteiger partial charge on any atom is 0.410 e. The normalized spacial score (nSPS) is 14.7. The number of carbonyl (C=O) groups is 3. The summed E-state index contributed by atoms with van der Waals surface area (Å²) in [6.07, 6.45) is 5.71. The zero-order valence-corrected chi connectivity index (χ0v) is 29.6. The highest BCUT2D eigenvalue weighted by Gasteiger charge is 2.27. The van der Waals surface area contributed by atoms with Gasteiger partial charge >= 0.3 is 12.1 Å². The number of amides is 2. The number of hydrogen-bond acceptors (Lipinski definition) is 8. The molecule has 0 radical (unpaired) electrons. The minimum atomic E-state index is -0.609. The lowest BCUT2D eigenvalue weighted by Gasteiger charge is -2.29. The van der Waals surface area contributed by atoms with Crippen LogP contribution in [0.1, 0.15) is 76.6 Å². The fourth-order valence-corrected chi connectivity index (χ4v) is 6.55. The van der Waals surface area contributed by atoms with Gasteiger partial charge in [-0.25, -0.2) is 14.2 Å². The molecule has 3 aromatic heterocycles. The van der Waals surface area contributed by atoms with E-state index in [2.05, 4.69) is 15.3 Å². The van der Waals surface area contributed by atoms with E-state index in [9.17, 15) is 19.2 Å². The number of halogens is 1. The number of ether oxygens (including phenoxy) is 2. The molecule has 4 heterocycles. The Kier molecular flexibility index (Phi) is 8.89. The minimum absolute atomic E-state index is 0.0330. The molecular formula is C39H39FN6O6. The maximum atomic E-state index is 15.5. The molecule has 1 fully saturated rings. The van der Waals surface area contributed by atoms with Crippen molar-refractivity contribution in [3.05, 3.63) is 87.7 Å². The summed E-state index contributed by atoms with van der Waals surface area (Å²) in [7, 11) is 0. The number of pyridine rings is 1. The molecule has 52 heavy (non-hydrogen) atoms. The third-order valence-electron chi connectivity index (χ3n) is 9.10. The molecule has 0 atom stereocenters. The monoisotopic (exact) mass is 706 g/mol. The zero-order chi connectivity index (χ0) is 36.9. The maximum absolute atomic E-state index is 15.5. The van der Waals surface area contributed by atoms with E-state index in [1.807, 2.05) is 39.0 Å². The van der Waals surface area contributed by atoms with Crippen LogP contribution in [-0.2, 0) is 25.7 Å². The second-order valence-electron chi connectivity index (χ2n) is 14.2. The number of nitrogens with one attached hydrogen (secondary N) is 2. The van der Waals surface area contributed by atoms with Crippen LogP contribution in [0.25, 0.3) is 44.3 Å². The van der Waals surface area contributed by atoms with Gasteiger partial charge in [0.15, 0.2) is 0 Å².